The van der Waals surface area contributed by atoms with E-state index in [0.29, 0.717) is 16.9 Å². The van der Waals surface area contributed by atoms with Crippen LogP contribution in [0, 0.1) is 6.92 Å². The zero-order valence-corrected chi connectivity index (χ0v) is 17.6. The van der Waals surface area contributed by atoms with Crippen LogP contribution in [0.1, 0.15) is 26.4 Å². The van der Waals surface area contributed by atoms with Gasteiger partial charge >= 0.3 is 5.97 Å². The van der Waals surface area contributed by atoms with Gasteiger partial charge in [-0.3, -0.25) is 4.79 Å². The van der Waals surface area contributed by atoms with Crippen LogP contribution in [0.5, 0.6) is 5.75 Å². The minimum Gasteiger partial charge on any atom is -0.508 e. The molecule has 0 aliphatic carbocycles. The first-order valence-electron chi connectivity index (χ1n) is 9.78. The van der Waals surface area contributed by atoms with Crippen LogP contribution in [-0.2, 0) is 11.2 Å². The van der Waals surface area contributed by atoms with Gasteiger partial charge in [-0.2, -0.15) is 0 Å². The number of rotatable bonds is 6. The number of carboxylic acids is 1. The first-order valence-corrected chi connectivity index (χ1v) is 10.6. The lowest BCUT2D eigenvalue weighted by atomic mass is 9.96. The van der Waals surface area contributed by atoms with Gasteiger partial charge in [0.1, 0.15) is 5.75 Å². The Balaban J connectivity index is 1.79. The topological polar surface area (TPSA) is 74.6 Å². The Morgan fingerprint density at radius 2 is 1.68 bits per heavy atom. The number of carbonyl (C=O) groups is 2. The maximum absolute atomic E-state index is 13.4. The highest BCUT2D eigenvalue weighted by Crippen LogP contribution is 2.41. The van der Waals surface area contributed by atoms with Gasteiger partial charge in [0, 0.05) is 27.3 Å². The molecule has 5 heteroatoms. The van der Waals surface area contributed by atoms with E-state index in [0.717, 1.165) is 38.4 Å². The number of hydrogen-bond acceptors (Lipinski definition) is 4. The van der Waals surface area contributed by atoms with E-state index in [1.54, 1.807) is 18.2 Å². The number of ketones is 1. The van der Waals surface area contributed by atoms with Crippen LogP contribution < -0.4 is 0 Å². The molecule has 1 heterocycles. The Morgan fingerprint density at radius 3 is 2.35 bits per heavy atom. The number of carboxylic acid groups (broad SMARTS) is 1. The summed E-state index contributed by atoms with van der Waals surface area (Å²) in [4.78, 5) is 24.6. The van der Waals surface area contributed by atoms with Crippen molar-refractivity contribution >= 4 is 33.2 Å². The highest BCUT2D eigenvalue weighted by atomic mass is 32.1. The number of phenols is 1. The maximum Gasteiger partial charge on any atom is 0.327 e. The fourth-order valence-corrected chi connectivity index (χ4v) is 4.69. The Kier molecular flexibility index (Phi) is 5.69. The molecule has 4 aromatic rings. The highest BCUT2D eigenvalue weighted by Gasteiger charge is 2.21. The van der Waals surface area contributed by atoms with Gasteiger partial charge in [-0.15, -0.1) is 11.3 Å². The average molecular weight is 429 g/mol. The van der Waals surface area contributed by atoms with E-state index in [1.807, 2.05) is 61.5 Å². The van der Waals surface area contributed by atoms with Crippen LogP contribution in [0.25, 0.3) is 21.2 Å². The summed E-state index contributed by atoms with van der Waals surface area (Å²) >= 11 is 1.38. The first kappa shape index (κ1) is 20.6. The molecule has 0 amide bonds. The summed E-state index contributed by atoms with van der Waals surface area (Å²) < 4.78 is 0.846. The predicted octanol–water partition coefficient (Wildman–Crippen LogP) is 6.00. The van der Waals surface area contributed by atoms with Crippen molar-refractivity contribution in [3.63, 3.8) is 0 Å². The number of fused-ring (bicyclic) bond motifs is 1. The Morgan fingerprint density at radius 1 is 0.968 bits per heavy atom. The largest absolute Gasteiger partial charge is 0.508 e. The van der Waals surface area contributed by atoms with Crippen molar-refractivity contribution in [3.8, 4) is 16.9 Å². The minimum atomic E-state index is -0.969. The molecule has 0 aliphatic heterocycles. The third-order valence-corrected chi connectivity index (χ3v) is 6.20. The van der Waals surface area contributed by atoms with Crippen LogP contribution in [0.15, 0.2) is 78.9 Å². The molecule has 2 N–H and O–H groups in total. The summed E-state index contributed by atoms with van der Waals surface area (Å²) in [7, 11) is 0. The fraction of sp³-hybridized carbons (Fsp3) is 0.0769. The van der Waals surface area contributed by atoms with Crippen LogP contribution in [0.3, 0.4) is 0 Å². The lowest BCUT2D eigenvalue weighted by Crippen LogP contribution is -2.00. The number of aliphatic carboxylic acids is 1. The molecule has 0 unspecified atom stereocenters. The number of carbonyl (C=O) groups excluding carboxylic acids is 1. The standard InChI is InChI=1S/C26H20O4S/c1-16-5-9-19(10-6-16)25(30)26-24(21-14-13-20(27)15-22(21)31-26)18-11-7-17(8-12-18)3-2-4-23(28)29/h2,4-15,27H,3H2,1H3,(H,28,29)/b4-2+. The number of benzene rings is 3. The van der Waals surface area contributed by atoms with Gasteiger partial charge in [0.2, 0.25) is 5.78 Å². The van der Waals surface area contributed by atoms with Crippen molar-refractivity contribution < 1.29 is 19.8 Å². The van der Waals surface area contributed by atoms with Crippen molar-refractivity contribution in [2.75, 3.05) is 0 Å². The van der Waals surface area contributed by atoms with Gasteiger partial charge in [-0.25, -0.2) is 4.79 Å². The fourth-order valence-electron chi connectivity index (χ4n) is 3.47. The minimum absolute atomic E-state index is 0.0517. The van der Waals surface area contributed by atoms with Gasteiger partial charge in [-0.05, 0) is 42.7 Å². The molecule has 4 nitrogen and oxygen atoms in total. The molecule has 0 radical (unpaired) electrons. The van der Waals surface area contributed by atoms with Gasteiger partial charge in [0.05, 0.1) is 4.88 Å². The molecule has 1 aromatic heterocycles. The van der Waals surface area contributed by atoms with Gasteiger partial charge in [0.15, 0.2) is 0 Å². The van der Waals surface area contributed by atoms with E-state index in [1.165, 1.54) is 11.3 Å². The van der Waals surface area contributed by atoms with E-state index >= 15 is 0 Å². The molecule has 0 saturated heterocycles. The second-order valence-electron chi connectivity index (χ2n) is 7.32. The molecule has 0 spiro atoms. The smallest absolute Gasteiger partial charge is 0.327 e. The monoisotopic (exact) mass is 428 g/mol. The first-order chi connectivity index (χ1) is 14.9. The summed E-state index contributed by atoms with van der Waals surface area (Å²) in [5, 5.41) is 19.6. The van der Waals surface area contributed by atoms with E-state index in [4.69, 9.17) is 5.11 Å². The van der Waals surface area contributed by atoms with E-state index in [2.05, 4.69) is 0 Å². The maximum atomic E-state index is 13.4. The quantitative estimate of drug-likeness (QED) is 0.292. The lowest BCUT2D eigenvalue weighted by molar-refractivity contribution is -0.131. The predicted molar refractivity (Wildman–Crippen MR) is 124 cm³/mol. The molecule has 0 fully saturated rings. The summed E-state index contributed by atoms with van der Waals surface area (Å²) in [6, 6.07) is 20.4. The summed E-state index contributed by atoms with van der Waals surface area (Å²) in [5.41, 5.74) is 4.44. The van der Waals surface area contributed by atoms with Crippen molar-refractivity contribution in [1.29, 1.82) is 0 Å². The Bertz CT molecular complexity index is 1300. The number of aryl methyl sites for hydroxylation is 1. The molecule has 3 aromatic carbocycles. The number of allylic oxidation sites excluding steroid dienone is 1. The zero-order chi connectivity index (χ0) is 22.0. The second-order valence-corrected chi connectivity index (χ2v) is 8.38. The molecular weight excluding hydrogens is 408 g/mol. The highest BCUT2D eigenvalue weighted by molar-refractivity contribution is 7.21. The van der Waals surface area contributed by atoms with Crippen LogP contribution >= 0.6 is 11.3 Å². The normalized spacial score (nSPS) is 11.3. The average Bonchev–Trinajstić information content (AvgIpc) is 3.12. The lowest BCUT2D eigenvalue weighted by Gasteiger charge is -2.07. The number of aromatic hydroxyl groups is 1. The Hall–Kier alpha value is -3.70. The molecule has 0 aliphatic rings. The summed E-state index contributed by atoms with van der Waals surface area (Å²) in [5.74, 6) is -0.858. The molecule has 31 heavy (non-hydrogen) atoms. The summed E-state index contributed by atoms with van der Waals surface area (Å²) in [6.07, 6.45) is 3.25. The van der Waals surface area contributed by atoms with Gasteiger partial charge in [-0.1, -0.05) is 60.2 Å². The van der Waals surface area contributed by atoms with Crippen molar-refractivity contribution in [2.45, 2.75) is 13.3 Å². The zero-order valence-electron chi connectivity index (χ0n) is 16.8. The third-order valence-electron chi connectivity index (χ3n) is 5.05. The van der Waals surface area contributed by atoms with E-state index in [-0.39, 0.29) is 11.5 Å². The van der Waals surface area contributed by atoms with Crippen molar-refractivity contribution in [1.82, 2.24) is 0 Å². The molecular formula is C26H20O4S. The molecule has 154 valence electrons. The molecule has 0 saturated carbocycles. The summed E-state index contributed by atoms with van der Waals surface area (Å²) in [6.45, 7) is 1.98. The number of thiophene rings is 1. The van der Waals surface area contributed by atoms with E-state index < -0.39 is 5.97 Å². The van der Waals surface area contributed by atoms with Crippen molar-refractivity contribution in [2.24, 2.45) is 0 Å². The number of phenolic OH excluding ortho intramolecular Hbond substituents is 1. The van der Waals surface area contributed by atoms with Crippen LogP contribution in [0.2, 0.25) is 0 Å². The SMILES string of the molecule is Cc1ccc(C(=O)c2sc3cc(O)ccc3c2-c2ccc(C/C=C/C(=O)O)cc2)cc1. The third kappa shape index (κ3) is 4.42. The van der Waals surface area contributed by atoms with Crippen LogP contribution in [0.4, 0.5) is 0 Å². The molecule has 4 rings (SSSR count). The molecule has 0 bridgehead atoms. The second kappa shape index (κ2) is 8.58. The van der Waals surface area contributed by atoms with E-state index in [9.17, 15) is 14.7 Å². The van der Waals surface area contributed by atoms with Gasteiger partial charge < -0.3 is 10.2 Å². The Labute approximate surface area is 183 Å². The van der Waals surface area contributed by atoms with Gasteiger partial charge in [0.25, 0.3) is 0 Å². The van der Waals surface area contributed by atoms with Crippen LogP contribution in [-0.4, -0.2) is 22.0 Å². The molecule has 0 atom stereocenters. The van der Waals surface area contributed by atoms with Crippen molar-refractivity contribution in [3.05, 3.63) is 100 Å². The number of hydrogen-bond donors (Lipinski definition) is 2.